The Labute approximate surface area is 103 Å². The first-order chi connectivity index (χ1) is 7.95. The molecule has 1 rings (SSSR count). The summed E-state index contributed by atoms with van der Waals surface area (Å²) in [5.41, 5.74) is 0. The normalized spacial score (nSPS) is 12.8. The van der Waals surface area contributed by atoms with Crippen molar-refractivity contribution >= 4 is 5.91 Å². The molecule has 1 amide bonds. The lowest BCUT2D eigenvalue weighted by Gasteiger charge is -2.19. The summed E-state index contributed by atoms with van der Waals surface area (Å²) in [6, 6.07) is 0. The molecule has 1 aromatic heterocycles. The fourth-order valence-corrected chi connectivity index (χ4v) is 1.48. The molecule has 0 fully saturated rings. The van der Waals surface area contributed by atoms with Gasteiger partial charge in [-0.2, -0.15) is 0 Å². The summed E-state index contributed by atoms with van der Waals surface area (Å²) in [5.74, 6) is 1.65. The minimum atomic E-state index is -0.117. The molecule has 96 valence electrons. The van der Waals surface area contributed by atoms with Gasteiger partial charge in [-0.1, -0.05) is 34.1 Å². The second-order valence-electron chi connectivity index (χ2n) is 4.90. The molecule has 5 heteroatoms. The maximum Gasteiger partial charge on any atom is 0.293 e. The second-order valence-corrected chi connectivity index (χ2v) is 4.90. The summed E-state index contributed by atoms with van der Waals surface area (Å²) in [5, 5.41) is 6.76. The maximum atomic E-state index is 12.0. The number of carbonyl (C=O) groups excluding carboxylic acids is 1. The van der Waals surface area contributed by atoms with Crippen LogP contribution in [-0.2, 0) is 0 Å². The maximum absolute atomic E-state index is 12.0. The standard InChI is InChI=1S/C12H22N4O/c1-6-9(4)7-16(5)12(17)11-13-10(8(2)3)14-15-11/h8-9H,6-7H2,1-5H3,(H,13,14,15). The van der Waals surface area contributed by atoms with E-state index in [1.807, 2.05) is 13.8 Å². The van der Waals surface area contributed by atoms with E-state index in [0.29, 0.717) is 5.92 Å². The Morgan fingerprint density at radius 2 is 2.06 bits per heavy atom. The third-order valence-electron chi connectivity index (χ3n) is 2.87. The fraction of sp³-hybridized carbons (Fsp3) is 0.750. The van der Waals surface area contributed by atoms with Crippen LogP contribution in [0.25, 0.3) is 0 Å². The van der Waals surface area contributed by atoms with Gasteiger partial charge in [-0.25, -0.2) is 4.98 Å². The minimum absolute atomic E-state index is 0.117. The number of nitrogens with one attached hydrogen (secondary N) is 1. The van der Waals surface area contributed by atoms with Crippen molar-refractivity contribution in [3.63, 3.8) is 0 Å². The van der Waals surface area contributed by atoms with Crippen LogP contribution in [-0.4, -0.2) is 39.6 Å². The monoisotopic (exact) mass is 238 g/mol. The first kappa shape index (κ1) is 13.7. The van der Waals surface area contributed by atoms with Gasteiger partial charge in [0.2, 0.25) is 5.82 Å². The van der Waals surface area contributed by atoms with Crippen LogP contribution in [0.3, 0.4) is 0 Å². The van der Waals surface area contributed by atoms with Gasteiger partial charge in [0.15, 0.2) is 0 Å². The highest BCUT2D eigenvalue weighted by Crippen LogP contribution is 2.09. The van der Waals surface area contributed by atoms with E-state index in [-0.39, 0.29) is 17.6 Å². The van der Waals surface area contributed by atoms with E-state index in [2.05, 4.69) is 29.0 Å². The van der Waals surface area contributed by atoms with E-state index in [0.717, 1.165) is 18.8 Å². The third-order valence-corrected chi connectivity index (χ3v) is 2.87. The van der Waals surface area contributed by atoms with Gasteiger partial charge in [-0.15, -0.1) is 5.10 Å². The molecule has 0 saturated heterocycles. The lowest BCUT2D eigenvalue weighted by molar-refractivity contribution is 0.0763. The summed E-state index contributed by atoms with van der Waals surface area (Å²) >= 11 is 0. The average Bonchev–Trinajstić information content (AvgIpc) is 2.77. The molecule has 0 aliphatic carbocycles. The Bertz CT molecular complexity index is 372. The smallest absolute Gasteiger partial charge is 0.293 e. The Morgan fingerprint density at radius 3 is 2.53 bits per heavy atom. The number of nitrogens with zero attached hydrogens (tertiary/aromatic N) is 3. The molecule has 0 aromatic carbocycles. The van der Waals surface area contributed by atoms with Crippen LogP contribution >= 0.6 is 0 Å². The summed E-state index contributed by atoms with van der Waals surface area (Å²) in [6.45, 7) is 9.00. The van der Waals surface area contributed by atoms with E-state index >= 15 is 0 Å². The van der Waals surface area contributed by atoms with E-state index in [1.165, 1.54) is 0 Å². The van der Waals surface area contributed by atoms with Crippen molar-refractivity contribution in [2.75, 3.05) is 13.6 Å². The van der Waals surface area contributed by atoms with Crippen molar-refractivity contribution in [3.05, 3.63) is 11.6 Å². The quantitative estimate of drug-likeness (QED) is 0.854. The predicted octanol–water partition coefficient (Wildman–Crippen LogP) is 2.05. The van der Waals surface area contributed by atoms with Gasteiger partial charge in [0.25, 0.3) is 5.91 Å². The number of amides is 1. The van der Waals surface area contributed by atoms with Gasteiger partial charge < -0.3 is 4.90 Å². The molecule has 17 heavy (non-hydrogen) atoms. The van der Waals surface area contributed by atoms with Gasteiger partial charge in [-0.3, -0.25) is 9.89 Å². The van der Waals surface area contributed by atoms with Crippen molar-refractivity contribution in [2.24, 2.45) is 5.92 Å². The van der Waals surface area contributed by atoms with Gasteiger partial charge in [0.1, 0.15) is 5.82 Å². The molecule has 1 aromatic rings. The van der Waals surface area contributed by atoms with Crippen molar-refractivity contribution in [3.8, 4) is 0 Å². The lowest BCUT2D eigenvalue weighted by atomic mass is 10.1. The summed E-state index contributed by atoms with van der Waals surface area (Å²) in [4.78, 5) is 17.9. The highest BCUT2D eigenvalue weighted by molar-refractivity contribution is 5.90. The van der Waals surface area contributed by atoms with Crippen LogP contribution < -0.4 is 0 Å². The average molecular weight is 238 g/mol. The zero-order valence-electron chi connectivity index (χ0n) is 11.3. The highest BCUT2D eigenvalue weighted by Gasteiger charge is 2.19. The molecule has 0 aliphatic heterocycles. The van der Waals surface area contributed by atoms with Crippen molar-refractivity contribution in [2.45, 2.75) is 40.0 Å². The van der Waals surface area contributed by atoms with Crippen molar-refractivity contribution < 1.29 is 4.79 Å². The molecule has 1 atom stereocenters. The van der Waals surface area contributed by atoms with Gasteiger partial charge >= 0.3 is 0 Å². The molecule has 0 spiro atoms. The number of rotatable bonds is 5. The molecule has 0 saturated carbocycles. The van der Waals surface area contributed by atoms with Crippen LogP contribution in [0.4, 0.5) is 0 Å². The Hall–Kier alpha value is -1.39. The highest BCUT2D eigenvalue weighted by atomic mass is 16.2. The first-order valence-electron chi connectivity index (χ1n) is 6.13. The number of H-pyrrole nitrogens is 1. The van der Waals surface area contributed by atoms with E-state index < -0.39 is 0 Å². The number of carbonyl (C=O) groups is 1. The van der Waals surface area contributed by atoms with Gasteiger partial charge in [0, 0.05) is 19.5 Å². The second kappa shape index (κ2) is 5.80. The minimum Gasteiger partial charge on any atom is -0.339 e. The molecule has 1 unspecified atom stereocenters. The summed E-state index contributed by atoms with van der Waals surface area (Å²) < 4.78 is 0. The van der Waals surface area contributed by atoms with E-state index in [4.69, 9.17) is 0 Å². The Morgan fingerprint density at radius 1 is 1.41 bits per heavy atom. The summed E-state index contributed by atoms with van der Waals surface area (Å²) in [7, 11) is 1.79. The first-order valence-corrected chi connectivity index (χ1v) is 6.13. The number of hydrogen-bond donors (Lipinski definition) is 1. The largest absolute Gasteiger partial charge is 0.339 e. The Balaban J connectivity index is 2.68. The number of hydrogen-bond acceptors (Lipinski definition) is 3. The molecule has 1 N–H and O–H groups in total. The lowest BCUT2D eigenvalue weighted by Crippen LogP contribution is -2.31. The molecule has 5 nitrogen and oxygen atoms in total. The van der Waals surface area contributed by atoms with Crippen LogP contribution in [0.15, 0.2) is 0 Å². The van der Waals surface area contributed by atoms with Gasteiger partial charge in [0.05, 0.1) is 0 Å². The van der Waals surface area contributed by atoms with Crippen LogP contribution in [0.5, 0.6) is 0 Å². The number of aromatic nitrogens is 3. The van der Waals surface area contributed by atoms with E-state index in [9.17, 15) is 4.79 Å². The van der Waals surface area contributed by atoms with Crippen LogP contribution in [0, 0.1) is 5.92 Å². The molecule has 0 aliphatic rings. The molecule has 0 radical (unpaired) electrons. The van der Waals surface area contributed by atoms with E-state index in [1.54, 1.807) is 11.9 Å². The Kier molecular flexibility index (Phi) is 4.66. The molecular weight excluding hydrogens is 216 g/mol. The zero-order chi connectivity index (χ0) is 13.0. The molecular formula is C12H22N4O. The fourth-order valence-electron chi connectivity index (χ4n) is 1.48. The van der Waals surface area contributed by atoms with Crippen molar-refractivity contribution in [1.29, 1.82) is 0 Å². The van der Waals surface area contributed by atoms with Crippen LogP contribution in [0.2, 0.25) is 0 Å². The van der Waals surface area contributed by atoms with Crippen LogP contribution in [0.1, 0.15) is 56.5 Å². The molecule has 1 heterocycles. The number of aromatic amines is 1. The van der Waals surface area contributed by atoms with Crippen molar-refractivity contribution in [1.82, 2.24) is 20.1 Å². The topological polar surface area (TPSA) is 61.9 Å². The SMILES string of the molecule is CCC(C)CN(C)C(=O)c1n[nH]c(C(C)C)n1. The summed E-state index contributed by atoms with van der Waals surface area (Å²) in [6.07, 6.45) is 1.06. The third kappa shape index (κ3) is 3.54. The zero-order valence-corrected chi connectivity index (χ0v) is 11.3. The van der Waals surface area contributed by atoms with Gasteiger partial charge in [-0.05, 0) is 5.92 Å². The predicted molar refractivity (Wildman–Crippen MR) is 66.9 cm³/mol. The molecule has 0 bridgehead atoms.